The van der Waals surface area contributed by atoms with Gasteiger partial charge in [-0.15, -0.1) is 10.2 Å². The minimum absolute atomic E-state index is 0.0598. The first kappa shape index (κ1) is 21.2. The second-order valence-electron chi connectivity index (χ2n) is 6.59. The Morgan fingerprint density at radius 3 is 2.34 bits per heavy atom. The maximum atomic E-state index is 12.6. The maximum Gasteiger partial charge on any atom is 0.269 e. The lowest BCUT2D eigenvalue weighted by Crippen LogP contribution is -2.05. The highest BCUT2D eigenvalue weighted by atomic mass is 32.2. The van der Waals surface area contributed by atoms with Crippen LogP contribution in [0, 0.1) is 10.1 Å². The molecule has 0 aliphatic rings. The van der Waals surface area contributed by atoms with Crippen molar-refractivity contribution in [3.8, 4) is 22.8 Å². The Balaban J connectivity index is 1.62. The molecule has 160 valence electrons. The lowest BCUT2D eigenvalue weighted by molar-refractivity contribution is -0.384. The van der Waals surface area contributed by atoms with Crippen molar-refractivity contribution in [3.05, 3.63) is 88.7 Å². The first-order valence-electron chi connectivity index (χ1n) is 9.47. The van der Waals surface area contributed by atoms with Gasteiger partial charge in [-0.2, -0.15) is 0 Å². The number of ether oxygens (including phenoxy) is 1. The summed E-state index contributed by atoms with van der Waals surface area (Å²) in [7, 11) is 1.60. The first-order valence-corrected chi connectivity index (χ1v) is 10.5. The quantitative estimate of drug-likeness (QED) is 0.171. The van der Waals surface area contributed by atoms with E-state index in [9.17, 15) is 14.9 Å². The summed E-state index contributed by atoms with van der Waals surface area (Å²) in [6.07, 6.45) is 3.35. The third-order valence-electron chi connectivity index (χ3n) is 4.63. The molecule has 2 aromatic heterocycles. The fraction of sp³-hybridized carbons (Fsp3) is 0.0909. The summed E-state index contributed by atoms with van der Waals surface area (Å²) in [5, 5.41) is 20.0. The number of hydrogen-bond donors (Lipinski definition) is 0. The molecule has 9 nitrogen and oxygen atoms in total. The highest BCUT2D eigenvalue weighted by Gasteiger charge is 2.18. The van der Waals surface area contributed by atoms with Gasteiger partial charge >= 0.3 is 0 Å². The molecule has 32 heavy (non-hydrogen) atoms. The minimum Gasteiger partial charge on any atom is -0.497 e. The molecule has 0 aliphatic heterocycles. The number of aromatic nitrogens is 4. The van der Waals surface area contributed by atoms with E-state index in [4.69, 9.17) is 4.74 Å². The fourth-order valence-electron chi connectivity index (χ4n) is 3.00. The zero-order chi connectivity index (χ0) is 22.5. The van der Waals surface area contributed by atoms with Gasteiger partial charge in [0.15, 0.2) is 16.8 Å². The van der Waals surface area contributed by atoms with Crippen molar-refractivity contribution in [2.45, 2.75) is 5.16 Å². The second-order valence-corrected chi connectivity index (χ2v) is 7.53. The van der Waals surface area contributed by atoms with Gasteiger partial charge in [0.05, 0.1) is 17.8 Å². The van der Waals surface area contributed by atoms with Crippen LogP contribution in [0.1, 0.15) is 10.4 Å². The number of carbonyl (C=O) groups excluding carboxylic acids is 1. The van der Waals surface area contributed by atoms with Crippen LogP contribution in [-0.4, -0.2) is 43.3 Å². The Labute approximate surface area is 187 Å². The lowest BCUT2D eigenvalue weighted by Gasteiger charge is -2.11. The number of carbonyl (C=O) groups is 1. The van der Waals surface area contributed by atoms with Crippen molar-refractivity contribution >= 4 is 23.2 Å². The number of nitro benzene ring substituents is 1. The Morgan fingerprint density at radius 1 is 1.03 bits per heavy atom. The van der Waals surface area contributed by atoms with Gasteiger partial charge in [0.2, 0.25) is 0 Å². The van der Waals surface area contributed by atoms with E-state index in [-0.39, 0.29) is 17.2 Å². The van der Waals surface area contributed by atoms with Gasteiger partial charge in [0.1, 0.15) is 5.75 Å². The summed E-state index contributed by atoms with van der Waals surface area (Å²) in [5.74, 6) is 1.26. The van der Waals surface area contributed by atoms with Crippen molar-refractivity contribution in [2.24, 2.45) is 0 Å². The van der Waals surface area contributed by atoms with Gasteiger partial charge in [0, 0.05) is 41.3 Å². The average molecular weight is 447 g/mol. The molecule has 0 amide bonds. The van der Waals surface area contributed by atoms with Crippen molar-refractivity contribution in [1.82, 2.24) is 19.7 Å². The standard InChI is InChI=1S/C22H17N5O4S/c1-31-19-8-6-17(7-9-19)26-21(16-10-12-23-13-11-16)24-25-22(26)32-14-20(28)15-2-4-18(5-3-15)27(29)30/h2-13H,14H2,1H3. The van der Waals surface area contributed by atoms with Crippen LogP contribution in [0.15, 0.2) is 78.2 Å². The molecular formula is C22H17N5O4S. The highest BCUT2D eigenvalue weighted by molar-refractivity contribution is 7.99. The Morgan fingerprint density at radius 2 is 1.72 bits per heavy atom. The minimum atomic E-state index is -0.499. The summed E-state index contributed by atoms with van der Waals surface area (Å²) in [6.45, 7) is 0. The van der Waals surface area contributed by atoms with E-state index in [0.717, 1.165) is 17.0 Å². The smallest absolute Gasteiger partial charge is 0.269 e. The third-order valence-corrected chi connectivity index (χ3v) is 5.56. The summed E-state index contributed by atoms with van der Waals surface area (Å²) in [6, 6.07) is 16.7. The third kappa shape index (κ3) is 4.49. The Kier molecular flexibility index (Phi) is 6.22. The highest BCUT2D eigenvalue weighted by Crippen LogP contribution is 2.29. The molecule has 0 saturated carbocycles. The van der Waals surface area contributed by atoms with Gasteiger partial charge in [-0.05, 0) is 48.5 Å². The topological polar surface area (TPSA) is 113 Å². The van der Waals surface area contributed by atoms with E-state index in [1.165, 1.54) is 36.0 Å². The van der Waals surface area contributed by atoms with Gasteiger partial charge in [-0.1, -0.05) is 11.8 Å². The predicted molar refractivity (Wildman–Crippen MR) is 119 cm³/mol. The molecule has 0 spiro atoms. The fourth-order valence-corrected chi connectivity index (χ4v) is 3.84. The van der Waals surface area contributed by atoms with Crippen molar-refractivity contribution in [3.63, 3.8) is 0 Å². The summed E-state index contributed by atoms with van der Waals surface area (Å²) >= 11 is 1.24. The zero-order valence-corrected chi connectivity index (χ0v) is 17.7. The average Bonchev–Trinajstić information content (AvgIpc) is 3.27. The van der Waals surface area contributed by atoms with E-state index in [2.05, 4.69) is 15.2 Å². The number of pyridine rings is 1. The van der Waals surface area contributed by atoms with Crippen molar-refractivity contribution in [1.29, 1.82) is 0 Å². The number of hydrogen-bond acceptors (Lipinski definition) is 8. The summed E-state index contributed by atoms with van der Waals surface area (Å²) in [5.41, 5.74) is 1.98. The molecule has 2 aromatic carbocycles. The van der Waals surface area contributed by atoms with E-state index < -0.39 is 4.92 Å². The number of methoxy groups -OCH3 is 1. The molecule has 0 saturated heterocycles. The number of nitrogens with zero attached hydrogens (tertiary/aromatic N) is 5. The van der Waals surface area contributed by atoms with E-state index in [0.29, 0.717) is 16.5 Å². The van der Waals surface area contributed by atoms with Gasteiger partial charge in [-0.25, -0.2) is 0 Å². The number of nitro groups is 1. The van der Waals surface area contributed by atoms with Crippen molar-refractivity contribution in [2.75, 3.05) is 12.9 Å². The number of rotatable bonds is 8. The molecule has 0 fully saturated rings. The van der Waals surface area contributed by atoms with Gasteiger partial charge in [0.25, 0.3) is 5.69 Å². The van der Waals surface area contributed by atoms with Crippen LogP contribution in [0.3, 0.4) is 0 Å². The maximum absolute atomic E-state index is 12.6. The van der Waals surface area contributed by atoms with E-state index >= 15 is 0 Å². The number of Topliss-reactive ketones (excluding diaryl/α,β-unsaturated/α-hetero) is 1. The molecule has 4 rings (SSSR count). The normalized spacial score (nSPS) is 10.7. The predicted octanol–water partition coefficient (Wildman–Crippen LogP) is 4.22. The monoisotopic (exact) mass is 447 g/mol. The second kappa shape index (κ2) is 9.40. The molecule has 0 N–H and O–H groups in total. The molecule has 0 unspecified atom stereocenters. The molecule has 0 aliphatic carbocycles. The molecule has 0 atom stereocenters. The van der Waals surface area contributed by atoms with Crippen LogP contribution < -0.4 is 4.74 Å². The number of non-ortho nitro benzene ring substituents is 1. The lowest BCUT2D eigenvalue weighted by atomic mass is 10.1. The van der Waals surface area contributed by atoms with Gasteiger partial charge in [-0.3, -0.25) is 24.5 Å². The van der Waals surface area contributed by atoms with Crippen LogP contribution >= 0.6 is 11.8 Å². The largest absolute Gasteiger partial charge is 0.497 e. The molecule has 0 radical (unpaired) electrons. The summed E-state index contributed by atoms with van der Waals surface area (Å²) in [4.78, 5) is 27.0. The molecule has 10 heteroatoms. The van der Waals surface area contributed by atoms with Crippen LogP contribution in [0.4, 0.5) is 5.69 Å². The van der Waals surface area contributed by atoms with Crippen LogP contribution in [0.2, 0.25) is 0 Å². The van der Waals surface area contributed by atoms with Crippen LogP contribution in [-0.2, 0) is 0 Å². The van der Waals surface area contributed by atoms with Crippen LogP contribution in [0.25, 0.3) is 17.1 Å². The first-order chi connectivity index (χ1) is 15.6. The number of thioether (sulfide) groups is 1. The molecule has 2 heterocycles. The molecule has 4 aromatic rings. The van der Waals surface area contributed by atoms with Gasteiger partial charge < -0.3 is 4.74 Å². The Bertz CT molecular complexity index is 1240. The zero-order valence-electron chi connectivity index (χ0n) is 16.9. The Hall–Kier alpha value is -4.05. The SMILES string of the molecule is COc1ccc(-n2c(SCC(=O)c3ccc([N+](=O)[O-])cc3)nnc2-c2ccncc2)cc1. The molecular weight excluding hydrogens is 430 g/mol. The van der Waals surface area contributed by atoms with Crippen molar-refractivity contribution < 1.29 is 14.5 Å². The van der Waals surface area contributed by atoms with E-state index in [1.54, 1.807) is 19.5 Å². The summed E-state index contributed by atoms with van der Waals surface area (Å²) < 4.78 is 7.11. The number of benzene rings is 2. The number of ketones is 1. The van der Waals surface area contributed by atoms with E-state index in [1.807, 2.05) is 41.0 Å². The molecule has 0 bridgehead atoms. The van der Waals surface area contributed by atoms with Crippen LogP contribution in [0.5, 0.6) is 5.75 Å².